The first-order valence-electron chi connectivity index (χ1n) is 8.99. The number of fused-ring (bicyclic) bond motifs is 1. The van der Waals surface area contributed by atoms with Crippen LogP contribution in [0.4, 0.5) is 0 Å². The predicted molar refractivity (Wildman–Crippen MR) is 115 cm³/mol. The second kappa shape index (κ2) is 9.24. The van der Waals surface area contributed by atoms with Crippen LogP contribution >= 0.6 is 23.1 Å². The van der Waals surface area contributed by atoms with Crippen LogP contribution in [-0.4, -0.2) is 29.1 Å². The van der Waals surface area contributed by atoms with Crippen molar-refractivity contribution in [3.63, 3.8) is 0 Å². The summed E-state index contributed by atoms with van der Waals surface area (Å²) in [5.74, 6) is 1.68. The van der Waals surface area contributed by atoms with Gasteiger partial charge < -0.3 is 9.30 Å². The fourth-order valence-corrected chi connectivity index (χ4v) is 4.39. The SMILES string of the molecule is CCOc1ccc(CC(=O)N=c2sc3cc(C)ccc3n2CCSC)cc1. The lowest BCUT2D eigenvalue weighted by molar-refractivity contribution is -0.117. The van der Waals surface area contributed by atoms with E-state index in [2.05, 4.69) is 40.9 Å². The lowest BCUT2D eigenvalue weighted by Gasteiger charge is -2.04. The van der Waals surface area contributed by atoms with Crippen molar-refractivity contribution in [2.75, 3.05) is 18.6 Å². The van der Waals surface area contributed by atoms with Crippen LogP contribution in [0.25, 0.3) is 10.2 Å². The van der Waals surface area contributed by atoms with Gasteiger partial charge >= 0.3 is 0 Å². The maximum atomic E-state index is 12.6. The third-order valence-corrected chi connectivity index (χ3v) is 5.80. The number of aromatic nitrogens is 1. The first-order chi connectivity index (χ1) is 13.1. The van der Waals surface area contributed by atoms with E-state index >= 15 is 0 Å². The quantitative estimate of drug-likeness (QED) is 0.589. The minimum atomic E-state index is -0.125. The molecule has 3 aromatic rings. The normalized spacial score (nSPS) is 11.9. The lowest BCUT2D eigenvalue weighted by Crippen LogP contribution is -2.18. The predicted octanol–water partition coefficient (Wildman–Crippen LogP) is 4.44. The van der Waals surface area contributed by atoms with Crippen LogP contribution in [-0.2, 0) is 17.8 Å². The van der Waals surface area contributed by atoms with Crippen molar-refractivity contribution in [1.82, 2.24) is 4.57 Å². The molecule has 0 saturated carbocycles. The van der Waals surface area contributed by atoms with Crippen LogP contribution < -0.4 is 9.54 Å². The summed E-state index contributed by atoms with van der Waals surface area (Å²) in [6.07, 6.45) is 2.38. The number of benzene rings is 2. The molecule has 1 aromatic heterocycles. The van der Waals surface area contributed by atoms with Crippen LogP contribution in [0.5, 0.6) is 5.75 Å². The van der Waals surface area contributed by atoms with Gasteiger partial charge in [0, 0.05) is 12.3 Å². The number of hydrogen-bond acceptors (Lipinski definition) is 4. The number of ether oxygens (including phenoxy) is 1. The molecule has 0 fully saturated rings. The zero-order valence-electron chi connectivity index (χ0n) is 15.9. The molecule has 27 heavy (non-hydrogen) atoms. The van der Waals surface area contributed by atoms with E-state index in [4.69, 9.17) is 4.74 Å². The van der Waals surface area contributed by atoms with Crippen molar-refractivity contribution in [2.24, 2.45) is 4.99 Å². The van der Waals surface area contributed by atoms with Gasteiger partial charge in [-0.05, 0) is 55.5 Å². The summed E-state index contributed by atoms with van der Waals surface area (Å²) < 4.78 is 8.77. The molecule has 0 bridgehead atoms. The Kier molecular flexibility index (Phi) is 6.74. The van der Waals surface area contributed by atoms with Crippen LogP contribution in [0, 0.1) is 6.92 Å². The first kappa shape index (κ1) is 19.7. The van der Waals surface area contributed by atoms with Crippen molar-refractivity contribution in [3.8, 4) is 5.75 Å². The van der Waals surface area contributed by atoms with Crippen LogP contribution in [0.15, 0.2) is 47.5 Å². The summed E-state index contributed by atoms with van der Waals surface area (Å²) in [5, 5.41) is 0. The third-order valence-electron chi connectivity index (χ3n) is 4.17. The molecule has 0 N–H and O–H groups in total. The Morgan fingerprint density at radius 1 is 1.22 bits per heavy atom. The zero-order valence-corrected chi connectivity index (χ0v) is 17.5. The van der Waals surface area contributed by atoms with Crippen LogP contribution in [0.1, 0.15) is 18.1 Å². The maximum Gasteiger partial charge on any atom is 0.252 e. The molecule has 0 saturated heterocycles. The Labute approximate surface area is 167 Å². The summed E-state index contributed by atoms with van der Waals surface area (Å²) in [4.78, 5) is 17.8. The van der Waals surface area contributed by atoms with E-state index in [9.17, 15) is 4.79 Å². The van der Waals surface area contributed by atoms with E-state index in [1.54, 1.807) is 23.1 Å². The highest BCUT2D eigenvalue weighted by atomic mass is 32.2. The Bertz CT molecular complexity index is 988. The maximum absolute atomic E-state index is 12.6. The van der Waals surface area contributed by atoms with Gasteiger partial charge in [0.15, 0.2) is 4.80 Å². The van der Waals surface area contributed by atoms with Gasteiger partial charge in [-0.3, -0.25) is 4.79 Å². The average molecular weight is 401 g/mol. The van der Waals surface area contributed by atoms with E-state index in [1.165, 1.54) is 10.3 Å². The number of nitrogens with zero attached hydrogens (tertiary/aromatic N) is 2. The van der Waals surface area contributed by atoms with E-state index < -0.39 is 0 Å². The Morgan fingerprint density at radius 3 is 2.70 bits per heavy atom. The van der Waals surface area contributed by atoms with Crippen molar-refractivity contribution in [1.29, 1.82) is 0 Å². The molecule has 0 unspecified atom stereocenters. The number of thioether (sulfide) groups is 1. The number of aryl methyl sites for hydroxylation is 2. The molecule has 0 spiro atoms. The number of hydrogen-bond donors (Lipinski definition) is 0. The molecule has 0 aliphatic rings. The van der Waals surface area contributed by atoms with Crippen LogP contribution in [0.2, 0.25) is 0 Å². The molecule has 1 heterocycles. The average Bonchev–Trinajstić information content (AvgIpc) is 2.97. The second-order valence-electron chi connectivity index (χ2n) is 6.26. The number of carbonyl (C=O) groups excluding carboxylic acids is 1. The molecule has 0 aliphatic carbocycles. The highest BCUT2D eigenvalue weighted by Gasteiger charge is 2.09. The lowest BCUT2D eigenvalue weighted by atomic mass is 10.1. The van der Waals surface area contributed by atoms with Gasteiger partial charge in [0.2, 0.25) is 0 Å². The first-order valence-corrected chi connectivity index (χ1v) is 11.2. The third kappa shape index (κ3) is 5.02. The number of amides is 1. The van der Waals surface area contributed by atoms with E-state index in [0.29, 0.717) is 13.0 Å². The number of thiazole rings is 1. The Balaban J connectivity index is 1.88. The molecular weight excluding hydrogens is 376 g/mol. The van der Waals surface area contributed by atoms with Crippen molar-refractivity contribution in [2.45, 2.75) is 26.8 Å². The van der Waals surface area contributed by atoms with E-state index in [0.717, 1.165) is 33.9 Å². The van der Waals surface area contributed by atoms with Gasteiger partial charge in [-0.25, -0.2) is 0 Å². The summed E-state index contributed by atoms with van der Waals surface area (Å²) in [6, 6.07) is 14.0. The molecule has 0 aliphatic heterocycles. The monoisotopic (exact) mass is 400 g/mol. The molecule has 0 atom stereocenters. The van der Waals surface area contributed by atoms with Gasteiger partial charge in [-0.15, -0.1) is 0 Å². The molecule has 3 rings (SSSR count). The van der Waals surface area contributed by atoms with Gasteiger partial charge in [0.05, 0.1) is 23.2 Å². The molecule has 1 amide bonds. The van der Waals surface area contributed by atoms with E-state index in [1.807, 2.05) is 31.2 Å². The standard InChI is InChI=1S/C21H24N2O2S2/c1-4-25-17-8-6-16(7-9-17)14-20(24)22-21-23(11-12-26-3)18-10-5-15(2)13-19(18)27-21/h5-10,13H,4,11-12,14H2,1-3H3. The Morgan fingerprint density at radius 2 is 2.00 bits per heavy atom. The highest BCUT2D eigenvalue weighted by molar-refractivity contribution is 7.98. The van der Waals surface area contributed by atoms with Crippen molar-refractivity contribution >= 4 is 39.2 Å². The molecule has 142 valence electrons. The molecular formula is C21H24N2O2S2. The summed E-state index contributed by atoms with van der Waals surface area (Å²) >= 11 is 3.38. The van der Waals surface area contributed by atoms with Gasteiger partial charge in [-0.2, -0.15) is 16.8 Å². The van der Waals surface area contributed by atoms with Gasteiger partial charge in [0.1, 0.15) is 5.75 Å². The van der Waals surface area contributed by atoms with Crippen molar-refractivity contribution < 1.29 is 9.53 Å². The Hall–Kier alpha value is -2.05. The smallest absolute Gasteiger partial charge is 0.252 e. The molecule has 6 heteroatoms. The topological polar surface area (TPSA) is 43.6 Å². The minimum absolute atomic E-state index is 0.125. The highest BCUT2D eigenvalue weighted by Crippen LogP contribution is 2.19. The zero-order chi connectivity index (χ0) is 19.2. The number of carbonyl (C=O) groups is 1. The summed E-state index contributed by atoms with van der Waals surface area (Å²) in [7, 11) is 0. The van der Waals surface area contributed by atoms with Crippen LogP contribution in [0.3, 0.4) is 0 Å². The number of rotatable bonds is 7. The summed E-state index contributed by atoms with van der Waals surface area (Å²) in [5.41, 5.74) is 3.31. The molecule has 0 radical (unpaired) electrons. The second-order valence-corrected chi connectivity index (χ2v) is 8.25. The fraction of sp³-hybridized carbons (Fsp3) is 0.333. The van der Waals surface area contributed by atoms with Gasteiger partial charge in [0.25, 0.3) is 5.91 Å². The van der Waals surface area contributed by atoms with Gasteiger partial charge in [-0.1, -0.05) is 29.5 Å². The molecule has 4 nitrogen and oxygen atoms in total. The van der Waals surface area contributed by atoms with E-state index in [-0.39, 0.29) is 5.91 Å². The largest absolute Gasteiger partial charge is 0.494 e. The minimum Gasteiger partial charge on any atom is -0.494 e. The van der Waals surface area contributed by atoms with Crippen molar-refractivity contribution in [3.05, 3.63) is 58.4 Å². The summed E-state index contributed by atoms with van der Waals surface area (Å²) in [6.45, 7) is 5.52. The fourth-order valence-electron chi connectivity index (χ4n) is 2.86. The molecule has 2 aromatic carbocycles.